The molecule has 1 atom stereocenters. The highest BCUT2D eigenvalue weighted by molar-refractivity contribution is 6.32. The molecule has 1 aromatic carbocycles. The van der Waals surface area contributed by atoms with E-state index in [2.05, 4.69) is 0 Å². The molecule has 4 nitrogen and oxygen atoms in total. The number of likely N-dealkylation sites (tertiary alicyclic amines) is 1. The molecule has 0 radical (unpaired) electrons. The number of alkyl halides is 3. The molecule has 0 spiro atoms. The largest absolute Gasteiger partial charge is 0.487 e. The zero-order chi connectivity index (χ0) is 18.8. The molecule has 1 aromatic rings. The van der Waals surface area contributed by atoms with Crippen LogP contribution in [0.2, 0.25) is 5.02 Å². The van der Waals surface area contributed by atoms with Crippen molar-refractivity contribution in [1.82, 2.24) is 4.90 Å². The number of hydrogen-bond acceptors (Lipinski definition) is 3. The summed E-state index contributed by atoms with van der Waals surface area (Å²) in [7, 11) is 0. The Hall–Kier alpha value is -1.63. The quantitative estimate of drug-likeness (QED) is 0.714. The van der Waals surface area contributed by atoms with Crippen molar-refractivity contribution in [3.63, 3.8) is 0 Å². The second-order valence-electron chi connectivity index (χ2n) is 6.92. The number of nitrogens with zero attached hydrogens (tertiary/aromatic N) is 1. The van der Waals surface area contributed by atoms with E-state index in [1.165, 1.54) is 17.0 Å². The van der Waals surface area contributed by atoms with Crippen LogP contribution in [0.3, 0.4) is 0 Å². The average molecular weight is 380 g/mol. The van der Waals surface area contributed by atoms with Crippen LogP contribution >= 0.6 is 11.6 Å². The van der Waals surface area contributed by atoms with Gasteiger partial charge in [-0.15, -0.1) is 0 Å². The second kappa shape index (κ2) is 7.32. The van der Waals surface area contributed by atoms with Gasteiger partial charge in [-0.05, 0) is 45.7 Å². The van der Waals surface area contributed by atoms with E-state index in [4.69, 9.17) is 21.1 Å². The highest BCUT2D eigenvalue weighted by atomic mass is 35.5. The van der Waals surface area contributed by atoms with Crippen LogP contribution < -0.4 is 4.74 Å². The Morgan fingerprint density at radius 2 is 1.96 bits per heavy atom. The van der Waals surface area contributed by atoms with Crippen molar-refractivity contribution in [3.8, 4) is 5.75 Å². The minimum Gasteiger partial charge on any atom is -0.487 e. The van der Waals surface area contributed by atoms with Gasteiger partial charge < -0.3 is 14.4 Å². The van der Waals surface area contributed by atoms with Crippen LogP contribution in [0.25, 0.3) is 0 Å². The van der Waals surface area contributed by atoms with Gasteiger partial charge in [-0.3, -0.25) is 0 Å². The maximum Gasteiger partial charge on any atom is 0.417 e. The Balaban J connectivity index is 2.07. The molecule has 0 N–H and O–H groups in total. The van der Waals surface area contributed by atoms with Gasteiger partial charge in [-0.1, -0.05) is 17.7 Å². The molecule has 1 aliphatic rings. The van der Waals surface area contributed by atoms with Gasteiger partial charge in [-0.25, -0.2) is 4.79 Å². The van der Waals surface area contributed by atoms with Gasteiger partial charge in [0.1, 0.15) is 17.5 Å². The lowest BCUT2D eigenvalue weighted by Gasteiger charge is -2.34. The number of ether oxygens (including phenoxy) is 2. The molecule has 0 saturated carbocycles. The van der Waals surface area contributed by atoms with Crippen molar-refractivity contribution in [2.24, 2.45) is 0 Å². The maximum absolute atomic E-state index is 12.9. The first kappa shape index (κ1) is 19.7. The summed E-state index contributed by atoms with van der Waals surface area (Å²) in [5, 5.41) is -0.468. The third kappa shape index (κ3) is 5.42. The molecule has 0 aromatic heterocycles. The summed E-state index contributed by atoms with van der Waals surface area (Å²) in [6.07, 6.45) is -4.17. The minimum atomic E-state index is -4.55. The molecular weight excluding hydrogens is 359 g/mol. The van der Waals surface area contributed by atoms with Gasteiger partial charge in [0.25, 0.3) is 0 Å². The highest BCUT2D eigenvalue weighted by Crippen LogP contribution is 2.39. The second-order valence-corrected chi connectivity index (χ2v) is 7.30. The smallest absolute Gasteiger partial charge is 0.417 e. The average Bonchev–Trinajstić information content (AvgIpc) is 2.47. The minimum absolute atomic E-state index is 0.0347. The zero-order valence-corrected chi connectivity index (χ0v) is 15.1. The molecule has 1 heterocycles. The van der Waals surface area contributed by atoms with Crippen LogP contribution in [0, 0.1) is 0 Å². The Labute approximate surface area is 149 Å². The topological polar surface area (TPSA) is 38.8 Å². The Bertz CT molecular complexity index is 629. The van der Waals surface area contributed by atoms with Crippen LogP contribution in [0.5, 0.6) is 5.75 Å². The Kier molecular flexibility index (Phi) is 5.76. The summed E-state index contributed by atoms with van der Waals surface area (Å²) in [6.45, 7) is 6.06. The summed E-state index contributed by atoms with van der Waals surface area (Å²) in [4.78, 5) is 13.6. The molecule has 8 heteroatoms. The van der Waals surface area contributed by atoms with Crippen LogP contribution in [0.1, 0.15) is 39.2 Å². The van der Waals surface area contributed by atoms with Crippen molar-refractivity contribution >= 4 is 17.7 Å². The van der Waals surface area contributed by atoms with Gasteiger partial charge >= 0.3 is 12.3 Å². The molecule has 0 bridgehead atoms. The lowest BCUT2D eigenvalue weighted by atomic mass is 10.1. The maximum atomic E-state index is 12.9. The fourth-order valence-corrected chi connectivity index (χ4v) is 2.80. The van der Waals surface area contributed by atoms with Crippen LogP contribution in [0.4, 0.5) is 18.0 Å². The predicted molar refractivity (Wildman–Crippen MR) is 87.9 cm³/mol. The van der Waals surface area contributed by atoms with E-state index >= 15 is 0 Å². The molecule has 1 fully saturated rings. The number of carbonyl (C=O) groups excluding carboxylic acids is 1. The van der Waals surface area contributed by atoms with E-state index in [1.807, 2.05) is 0 Å². The summed E-state index contributed by atoms with van der Waals surface area (Å²) in [5.74, 6) is -0.0347. The van der Waals surface area contributed by atoms with E-state index < -0.39 is 34.6 Å². The lowest BCUT2D eigenvalue weighted by molar-refractivity contribution is -0.137. The molecule has 1 amide bonds. The molecule has 0 aliphatic carbocycles. The monoisotopic (exact) mass is 379 g/mol. The van der Waals surface area contributed by atoms with Gasteiger partial charge in [0.15, 0.2) is 0 Å². The number of piperidine rings is 1. The number of carbonyl (C=O) groups is 1. The molecular formula is C17H21ClF3NO3. The van der Waals surface area contributed by atoms with E-state index in [0.29, 0.717) is 19.4 Å². The van der Waals surface area contributed by atoms with Gasteiger partial charge in [0, 0.05) is 6.54 Å². The molecule has 2 rings (SSSR count). The number of halogens is 4. The van der Waals surface area contributed by atoms with Crippen molar-refractivity contribution in [1.29, 1.82) is 0 Å². The Morgan fingerprint density at radius 1 is 1.28 bits per heavy atom. The van der Waals surface area contributed by atoms with Crippen LogP contribution in [-0.2, 0) is 10.9 Å². The molecule has 0 unspecified atom stereocenters. The summed E-state index contributed by atoms with van der Waals surface area (Å²) < 4.78 is 49.7. The van der Waals surface area contributed by atoms with Crippen molar-refractivity contribution in [2.45, 2.75) is 51.5 Å². The van der Waals surface area contributed by atoms with Crippen molar-refractivity contribution in [3.05, 3.63) is 28.8 Å². The number of rotatable bonds is 2. The molecule has 1 aliphatic heterocycles. The molecule has 140 valence electrons. The summed E-state index contributed by atoms with van der Waals surface area (Å²) >= 11 is 5.85. The standard InChI is InChI=1S/C17H21ClF3NO3/c1-16(2,3)25-15(23)22-9-5-6-11(10-22)24-13-8-4-7-12(14(13)18)17(19,20)21/h4,7-8,11H,5-6,9-10H2,1-3H3/t11-/m0/s1. The third-order valence-electron chi connectivity index (χ3n) is 3.59. The normalized spacial score (nSPS) is 18.8. The van der Waals surface area contributed by atoms with E-state index in [9.17, 15) is 18.0 Å². The first-order valence-corrected chi connectivity index (χ1v) is 8.35. The third-order valence-corrected chi connectivity index (χ3v) is 3.98. The summed E-state index contributed by atoms with van der Waals surface area (Å²) in [6, 6.07) is 3.55. The number of benzene rings is 1. The molecule has 1 saturated heterocycles. The van der Waals surface area contributed by atoms with E-state index in [1.54, 1.807) is 20.8 Å². The highest BCUT2D eigenvalue weighted by Gasteiger charge is 2.35. The number of amides is 1. The zero-order valence-electron chi connectivity index (χ0n) is 14.3. The van der Waals surface area contributed by atoms with E-state index in [0.717, 1.165) is 6.07 Å². The molecule has 25 heavy (non-hydrogen) atoms. The summed E-state index contributed by atoms with van der Waals surface area (Å²) in [5.41, 5.74) is -1.55. The van der Waals surface area contributed by atoms with E-state index in [-0.39, 0.29) is 12.3 Å². The Morgan fingerprint density at radius 3 is 2.56 bits per heavy atom. The predicted octanol–water partition coefficient (Wildman–Crippen LogP) is 5.14. The van der Waals surface area contributed by atoms with Gasteiger partial charge in [-0.2, -0.15) is 13.2 Å². The van der Waals surface area contributed by atoms with Crippen molar-refractivity contribution < 1.29 is 27.4 Å². The fourth-order valence-electron chi connectivity index (χ4n) is 2.53. The number of hydrogen-bond donors (Lipinski definition) is 0. The van der Waals surface area contributed by atoms with Gasteiger partial charge in [0.2, 0.25) is 0 Å². The fraction of sp³-hybridized carbons (Fsp3) is 0.588. The first-order valence-electron chi connectivity index (χ1n) is 7.97. The van der Waals surface area contributed by atoms with Crippen molar-refractivity contribution in [2.75, 3.05) is 13.1 Å². The lowest BCUT2D eigenvalue weighted by Crippen LogP contribution is -2.46. The van der Waals surface area contributed by atoms with Crippen LogP contribution in [-0.4, -0.2) is 35.8 Å². The SMILES string of the molecule is CC(C)(C)OC(=O)N1CCC[C@H](Oc2cccc(C(F)(F)F)c2Cl)C1. The first-order chi connectivity index (χ1) is 11.5. The van der Waals surface area contributed by atoms with Crippen LogP contribution in [0.15, 0.2) is 18.2 Å². The van der Waals surface area contributed by atoms with Gasteiger partial charge in [0.05, 0.1) is 17.1 Å².